The van der Waals surface area contributed by atoms with E-state index in [0.29, 0.717) is 10.7 Å². The molecule has 3 rings (SSSR count). The summed E-state index contributed by atoms with van der Waals surface area (Å²) in [5.41, 5.74) is 0.0403. The Balaban J connectivity index is 1.85. The van der Waals surface area contributed by atoms with Gasteiger partial charge in [0.15, 0.2) is 5.13 Å². The lowest BCUT2D eigenvalue weighted by molar-refractivity contribution is -0.144. The van der Waals surface area contributed by atoms with Crippen LogP contribution in [0.15, 0.2) is 35.8 Å². The molecule has 1 aliphatic rings. The van der Waals surface area contributed by atoms with Gasteiger partial charge in [0.05, 0.1) is 0 Å². The van der Waals surface area contributed by atoms with Gasteiger partial charge in [-0.1, -0.05) is 25.0 Å². The second-order valence-corrected chi connectivity index (χ2v) is 10.2. The van der Waals surface area contributed by atoms with Crippen LogP contribution in [0.3, 0.4) is 0 Å². The van der Waals surface area contributed by atoms with Crippen molar-refractivity contribution in [1.82, 2.24) is 15.2 Å². The number of thiazole rings is 1. The molecule has 2 N–H and O–H groups in total. The van der Waals surface area contributed by atoms with E-state index >= 15 is 0 Å². The first-order valence-electron chi connectivity index (χ1n) is 11.2. The van der Waals surface area contributed by atoms with Gasteiger partial charge in [0.2, 0.25) is 17.7 Å². The summed E-state index contributed by atoms with van der Waals surface area (Å²) in [5.74, 6) is -1.30. The largest absolute Gasteiger partial charge is 0.349 e. The second kappa shape index (κ2) is 10.9. The molecule has 1 atom stereocenters. The minimum Gasteiger partial charge on any atom is -0.349 e. The highest BCUT2D eigenvalue weighted by molar-refractivity contribution is 7.13. The van der Waals surface area contributed by atoms with E-state index in [4.69, 9.17) is 0 Å². The van der Waals surface area contributed by atoms with Crippen molar-refractivity contribution in [3.8, 4) is 0 Å². The Morgan fingerprint density at radius 2 is 1.82 bits per heavy atom. The maximum Gasteiger partial charge on any atom is 0.247 e. The zero-order chi connectivity index (χ0) is 24.0. The van der Waals surface area contributed by atoms with Crippen molar-refractivity contribution in [1.29, 1.82) is 0 Å². The molecule has 1 aliphatic carbocycles. The third-order valence-corrected chi connectivity index (χ3v) is 6.15. The second-order valence-electron chi connectivity index (χ2n) is 9.32. The van der Waals surface area contributed by atoms with Crippen molar-refractivity contribution >= 4 is 34.2 Å². The van der Waals surface area contributed by atoms with Gasteiger partial charge in [-0.05, 0) is 51.3 Å². The molecule has 3 amide bonds. The van der Waals surface area contributed by atoms with Crippen LogP contribution in [0.25, 0.3) is 0 Å². The molecule has 0 aliphatic heterocycles. The van der Waals surface area contributed by atoms with Gasteiger partial charge in [-0.2, -0.15) is 0 Å². The van der Waals surface area contributed by atoms with Crippen LogP contribution in [-0.2, 0) is 14.4 Å². The monoisotopic (exact) mass is 474 g/mol. The fourth-order valence-corrected chi connectivity index (χ4v) is 4.62. The Labute approximate surface area is 197 Å². The Bertz CT molecular complexity index is 951. The van der Waals surface area contributed by atoms with Crippen LogP contribution in [0.4, 0.5) is 9.52 Å². The van der Waals surface area contributed by atoms with Crippen molar-refractivity contribution in [3.63, 3.8) is 0 Å². The molecule has 0 bridgehead atoms. The molecular weight excluding hydrogens is 443 g/mol. The zero-order valence-corrected chi connectivity index (χ0v) is 20.1. The maximum atomic E-state index is 13.6. The topological polar surface area (TPSA) is 91.4 Å². The number of amides is 3. The van der Waals surface area contributed by atoms with Gasteiger partial charge < -0.3 is 15.5 Å². The summed E-state index contributed by atoms with van der Waals surface area (Å²) in [6.07, 6.45) is 5.06. The Kier molecular flexibility index (Phi) is 8.18. The van der Waals surface area contributed by atoms with E-state index in [1.165, 1.54) is 23.5 Å². The number of aromatic nitrogens is 1. The molecule has 1 unspecified atom stereocenters. The maximum absolute atomic E-state index is 13.6. The summed E-state index contributed by atoms with van der Waals surface area (Å²) in [5, 5.41) is 7.89. The van der Waals surface area contributed by atoms with E-state index in [1.807, 2.05) is 20.8 Å². The Morgan fingerprint density at radius 1 is 1.15 bits per heavy atom. The fraction of sp³-hybridized carbons (Fsp3) is 0.500. The molecule has 1 fully saturated rings. The van der Waals surface area contributed by atoms with Crippen molar-refractivity contribution in [2.24, 2.45) is 0 Å². The van der Waals surface area contributed by atoms with Crippen LogP contribution in [-0.4, -0.2) is 39.2 Å². The summed E-state index contributed by atoms with van der Waals surface area (Å²) in [4.78, 5) is 44.8. The molecule has 1 aromatic heterocycles. The number of nitrogens with zero attached hydrogens (tertiary/aromatic N) is 2. The standard InChI is InChI=1S/C24H31FN4O3S/c1-24(2,3)28-22(32)21(16-8-10-17(25)11-9-16)29(18-6-4-5-7-18)20(31)13-12-19(30)27-23-26-14-15-33-23/h8-11,14-15,18,21H,4-7,12-13H2,1-3H3,(H,28,32)(H,26,27,30). The molecule has 1 aromatic carbocycles. The predicted molar refractivity (Wildman–Crippen MR) is 126 cm³/mol. The average molecular weight is 475 g/mol. The van der Waals surface area contributed by atoms with Crippen LogP contribution in [0.1, 0.15) is 70.9 Å². The van der Waals surface area contributed by atoms with E-state index in [9.17, 15) is 18.8 Å². The van der Waals surface area contributed by atoms with E-state index < -0.39 is 17.4 Å². The lowest BCUT2D eigenvalue weighted by atomic mass is 9.98. The molecule has 2 aromatic rings. The quantitative estimate of drug-likeness (QED) is 0.592. The van der Waals surface area contributed by atoms with Crippen LogP contribution < -0.4 is 10.6 Å². The molecule has 0 spiro atoms. The number of carbonyl (C=O) groups is 3. The molecular formula is C24H31FN4O3S. The first-order chi connectivity index (χ1) is 15.6. The summed E-state index contributed by atoms with van der Waals surface area (Å²) >= 11 is 1.30. The minimum absolute atomic E-state index is 0.0152. The third-order valence-electron chi connectivity index (χ3n) is 5.46. The van der Waals surface area contributed by atoms with Crippen molar-refractivity contribution < 1.29 is 18.8 Å². The van der Waals surface area contributed by atoms with Gasteiger partial charge in [0, 0.05) is 36.0 Å². The number of benzene rings is 1. The minimum atomic E-state index is -0.901. The number of nitrogens with one attached hydrogen (secondary N) is 2. The summed E-state index contributed by atoms with van der Waals surface area (Å²) < 4.78 is 13.6. The van der Waals surface area contributed by atoms with Gasteiger partial charge >= 0.3 is 0 Å². The molecule has 7 nitrogen and oxygen atoms in total. The summed E-state index contributed by atoms with van der Waals surface area (Å²) in [7, 11) is 0. The lowest BCUT2D eigenvalue weighted by Crippen LogP contribution is -2.51. The van der Waals surface area contributed by atoms with Crippen LogP contribution in [0.2, 0.25) is 0 Å². The number of halogens is 1. The Hall–Kier alpha value is -2.81. The van der Waals surface area contributed by atoms with Crippen LogP contribution in [0.5, 0.6) is 0 Å². The van der Waals surface area contributed by atoms with E-state index in [0.717, 1.165) is 25.7 Å². The van der Waals surface area contributed by atoms with Gasteiger partial charge in [-0.3, -0.25) is 14.4 Å². The summed E-state index contributed by atoms with van der Waals surface area (Å²) in [6.45, 7) is 5.62. The number of carbonyl (C=O) groups excluding carboxylic acids is 3. The van der Waals surface area contributed by atoms with E-state index in [-0.39, 0.29) is 36.6 Å². The molecule has 0 saturated heterocycles. The molecule has 1 saturated carbocycles. The summed E-state index contributed by atoms with van der Waals surface area (Å²) in [6, 6.07) is 4.68. The first-order valence-corrected chi connectivity index (χ1v) is 12.1. The highest BCUT2D eigenvalue weighted by Crippen LogP contribution is 2.33. The van der Waals surface area contributed by atoms with Gasteiger partial charge in [-0.15, -0.1) is 11.3 Å². The lowest BCUT2D eigenvalue weighted by Gasteiger charge is -2.37. The normalized spacial score (nSPS) is 15.2. The molecule has 1 heterocycles. The molecule has 9 heteroatoms. The first kappa shape index (κ1) is 24.8. The predicted octanol–water partition coefficient (Wildman–Crippen LogP) is 4.43. The van der Waals surface area contributed by atoms with E-state index in [1.54, 1.807) is 28.6 Å². The van der Waals surface area contributed by atoms with Crippen molar-refractivity contribution in [2.75, 3.05) is 5.32 Å². The zero-order valence-electron chi connectivity index (χ0n) is 19.3. The van der Waals surface area contributed by atoms with Gasteiger partial charge in [-0.25, -0.2) is 9.37 Å². The number of hydrogen-bond acceptors (Lipinski definition) is 5. The molecule has 33 heavy (non-hydrogen) atoms. The SMILES string of the molecule is CC(C)(C)NC(=O)C(c1ccc(F)cc1)N(C(=O)CCC(=O)Nc1nccs1)C1CCCC1. The smallest absolute Gasteiger partial charge is 0.247 e. The highest BCUT2D eigenvalue weighted by atomic mass is 32.1. The van der Waals surface area contributed by atoms with Crippen molar-refractivity contribution in [2.45, 2.75) is 76.9 Å². The molecule has 0 radical (unpaired) electrons. The average Bonchev–Trinajstić information content (AvgIpc) is 3.44. The number of hydrogen-bond donors (Lipinski definition) is 2. The van der Waals surface area contributed by atoms with Crippen LogP contribution in [0, 0.1) is 5.82 Å². The van der Waals surface area contributed by atoms with Gasteiger partial charge in [0.25, 0.3) is 0 Å². The fourth-order valence-electron chi connectivity index (χ4n) is 4.08. The van der Waals surface area contributed by atoms with Gasteiger partial charge in [0.1, 0.15) is 11.9 Å². The van der Waals surface area contributed by atoms with Crippen molar-refractivity contribution in [3.05, 3.63) is 47.2 Å². The molecule has 178 valence electrons. The Morgan fingerprint density at radius 3 is 2.39 bits per heavy atom. The highest BCUT2D eigenvalue weighted by Gasteiger charge is 2.38. The number of rotatable bonds is 8. The number of anilines is 1. The third kappa shape index (κ3) is 7.08. The van der Waals surface area contributed by atoms with Crippen LogP contribution >= 0.6 is 11.3 Å². The van der Waals surface area contributed by atoms with E-state index in [2.05, 4.69) is 15.6 Å².